The second kappa shape index (κ2) is 10.7. The van der Waals surface area contributed by atoms with Crippen LogP contribution in [0.1, 0.15) is 48.7 Å². The molecule has 1 aliphatic heterocycles. The smallest absolute Gasteiger partial charge is 0.141 e. The second-order valence-electron chi connectivity index (χ2n) is 8.99. The summed E-state index contributed by atoms with van der Waals surface area (Å²) >= 11 is 0. The maximum absolute atomic E-state index is 6.70. The molecule has 0 aliphatic carbocycles. The van der Waals surface area contributed by atoms with Crippen molar-refractivity contribution in [2.24, 2.45) is 0 Å². The highest BCUT2D eigenvalue weighted by Gasteiger charge is 2.26. The molecule has 1 aliphatic rings. The number of likely N-dealkylation sites (tertiary alicyclic amines) is 1. The molecule has 1 fully saturated rings. The highest BCUT2D eigenvalue weighted by Crippen LogP contribution is 2.30. The fourth-order valence-electron chi connectivity index (χ4n) is 4.42. The van der Waals surface area contributed by atoms with E-state index in [1.54, 1.807) is 0 Å². The van der Waals surface area contributed by atoms with E-state index >= 15 is 0 Å². The summed E-state index contributed by atoms with van der Waals surface area (Å²) in [5.41, 5.74) is 4.09. The highest BCUT2D eigenvalue weighted by molar-refractivity contribution is 5.74. The van der Waals surface area contributed by atoms with Gasteiger partial charge < -0.3 is 19.2 Å². The Labute approximate surface area is 201 Å². The van der Waals surface area contributed by atoms with E-state index in [9.17, 15) is 0 Å². The Morgan fingerprint density at radius 1 is 1.15 bits per heavy atom. The number of hydrogen-bond acceptors (Lipinski definition) is 4. The van der Waals surface area contributed by atoms with E-state index in [2.05, 4.69) is 68.7 Å². The van der Waals surface area contributed by atoms with Crippen LogP contribution in [0.25, 0.3) is 11.0 Å². The minimum absolute atomic E-state index is 0.215. The Morgan fingerprint density at radius 3 is 2.85 bits per heavy atom. The number of imidazole rings is 2. The van der Waals surface area contributed by atoms with Crippen molar-refractivity contribution in [2.45, 2.75) is 44.4 Å². The van der Waals surface area contributed by atoms with Crippen molar-refractivity contribution in [2.75, 3.05) is 20.1 Å². The quantitative estimate of drug-likeness (QED) is 0.323. The van der Waals surface area contributed by atoms with E-state index < -0.39 is 0 Å². The molecular formula is C28H31N5O. The van der Waals surface area contributed by atoms with Gasteiger partial charge in [0.25, 0.3) is 0 Å². The van der Waals surface area contributed by atoms with Gasteiger partial charge in [-0.25, -0.2) is 9.97 Å². The molecule has 1 N–H and O–H groups in total. The summed E-state index contributed by atoms with van der Waals surface area (Å²) in [6.07, 6.45) is 9.53. The molecular weight excluding hydrogens is 422 g/mol. The summed E-state index contributed by atoms with van der Waals surface area (Å²) in [4.78, 5) is 14.8. The van der Waals surface area contributed by atoms with Crippen LogP contribution in [0.5, 0.6) is 0 Å². The molecule has 6 heteroatoms. The summed E-state index contributed by atoms with van der Waals surface area (Å²) < 4.78 is 8.79. The topological polar surface area (TPSA) is 59.0 Å². The molecule has 1 saturated heterocycles. The van der Waals surface area contributed by atoms with E-state index in [-0.39, 0.29) is 12.2 Å². The number of ether oxygens (including phenoxy) is 1. The number of piperidine rings is 1. The number of benzene rings is 2. The molecule has 6 nitrogen and oxygen atoms in total. The lowest BCUT2D eigenvalue weighted by molar-refractivity contribution is -0.0264. The highest BCUT2D eigenvalue weighted by atomic mass is 16.5. The number of unbranched alkanes of at least 4 members (excludes halogenated alkanes) is 1. The number of aryl methyl sites for hydroxylation is 1. The Kier molecular flexibility index (Phi) is 7.04. The zero-order valence-electron chi connectivity index (χ0n) is 19.7. The van der Waals surface area contributed by atoms with Gasteiger partial charge in [-0.3, -0.25) is 0 Å². The lowest BCUT2D eigenvalue weighted by atomic mass is 10.0. The molecule has 4 aromatic rings. The summed E-state index contributed by atoms with van der Waals surface area (Å²) in [5, 5.41) is 0. The molecule has 2 aromatic carbocycles. The van der Waals surface area contributed by atoms with Gasteiger partial charge in [-0.05, 0) is 56.1 Å². The van der Waals surface area contributed by atoms with Gasteiger partial charge in [0.15, 0.2) is 0 Å². The van der Waals surface area contributed by atoms with E-state index in [0.29, 0.717) is 0 Å². The zero-order chi connectivity index (χ0) is 23.2. The maximum Gasteiger partial charge on any atom is 0.141 e. The number of para-hydroxylation sites is 2. The lowest BCUT2D eigenvalue weighted by Gasteiger charge is -2.31. The van der Waals surface area contributed by atoms with Crippen molar-refractivity contribution in [3.8, 4) is 11.8 Å². The van der Waals surface area contributed by atoms with Crippen LogP contribution in [-0.2, 0) is 11.3 Å². The number of nitrogens with zero attached hydrogens (tertiary/aromatic N) is 4. The molecule has 0 saturated carbocycles. The summed E-state index contributed by atoms with van der Waals surface area (Å²) in [6, 6.07) is 16.5. The Hall–Kier alpha value is -3.40. The second-order valence-corrected chi connectivity index (χ2v) is 8.99. The van der Waals surface area contributed by atoms with Crippen LogP contribution >= 0.6 is 0 Å². The van der Waals surface area contributed by atoms with Crippen molar-refractivity contribution < 1.29 is 4.74 Å². The number of aromatic nitrogens is 4. The summed E-state index contributed by atoms with van der Waals surface area (Å²) in [6.45, 7) is 3.05. The standard InChI is InChI=1S/C28H31N5O/c1-32-17-13-24(14-18-32)34-27(28-30-25-11-4-5-12-26(25)31-28)23-10-7-9-22(20-23)8-3-2-6-16-33-19-15-29-21-33/h4-5,7,9-12,15,19-21,24,27H,2,6,13-14,16-18H2,1H3,(H,30,31). The first-order valence-corrected chi connectivity index (χ1v) is 12.1. The van der Waals surface area contributed by atoms with Crippen LogP contribution in [0, 0.1) is 11.8 Å². The minimum atomic E-state index is -0.246. The van der Waals surface area contributed by atoms with Gasteiger partial charge in [0.1, 0.15) is 11.9 Å². The van der Waals surface area contributed by atoms with E-state index in [1.807, 2.05) is 36.9 Å². The fraction of sp³-hybridized carbons (Fsp3) is 0.357. The van der Waals surface area contributed by atoms with Gasteiger partial charge in [0.2, 0.25) is 0 Å². The monoisotopic (exact) mass is 453 g/mol. The SMILES string of the molecule is CN1CCC(OC(c2cccc(C#CCCCn3ccnc3)c2)c2nc3ccccc3[nH]2)CC1. The number of H-pyrrole nitrogens is 1. The molecule has 0 amide bonds. The predicted molar refractivity (Wildman–Crippen MR) is 134 cm³/mol. The van der Waals surface area contributed by atoms with Gasteiger partial charge in [-0.2, -0.15) is 0 Å². The van der Waals surface area contributed by atoms with Crippen molar-refractivity contribution >= 4 is 11.0 Å². The average Bonchev–Trinajstić information content (AvgIpc) is 3.53. The van der Waals surface area contributed by atoms with E-state index in [0.717, 1.165) is 73.3 Å². The third-order valence-electron chi connectivity index (χ3n) is 6.35. The van der Waals surface area contributed by atoms with Crippen molar-refractivity contribution in [3.63, 3.8) is 0 Å². The normalized spacial score (nSPS) is 15.8. The first-order chi connectivity index (χ1) is 16.7. The van der Waals surface area contributed by atoms with Gasteiger partial charge in [-0.15, -0.1) is 0 Å². The number of rotatable bonds is 7. The fourth-order valence-corrected chi connectivity index (χ4v) is 4.42. The number of hydrogen-bond donors (Lipinski definition) is 1. The van der Waals surface area contributed by atoms with Crippen LogP contribution < -0.4 is 0 Å². The van der Waals surface area contributed by atoms with Gasteiger partial charge in [0, 0.05) is 44.0 Å². The third kappa shape index (κ3) is 5.56. The zero-order valence-corrected chi connectivity index (χ0v) is 19.7. The maximum atomic E-state index is 6.70. The molecule has 1 unspecified atom stereocenters. The van der Waals surface area contributed by atoms with E-state index in [4.69, 9.17) is 9.72 Å². The molecule has 0 spiro atoms. The Bertz CT molecular complexity index is 1230. The van der Waals surface area contributed by atoms with Gasteiger partial charge in [-0.1, -0.05) is 36.1 Å². The van der Waals surface area contributed by atoms with Crippen LogP contribution in [0.15, 0.2) is 67.3 Å². The van der Waals surface area contributed by atoms with Crippen LogP contribution in [0.2, 0.25) is 0 Å². The largest absolute Gasteiger partial charge is 0.362 e. The number of fused-ring (bicyclic) bond motifs is 1. The molecule has 34 heavy (non-hydrogen) atoms. The van der Waals surface area contributed by atoms with Crippen molar-refractivity contribution in [1.29, 1.82) is 0 Å². The van der Waals surface area contributed by atoms with E-state index in [1.165, 1.54) is 0 Å². The third-order valence-corrected chi connectivity index (χ3v) is 6.35. The van der Waals surface area contributed by atoms with Crippen molar-refractivity contribution in [3.05, 3.63) is 84.2 Å². The number of nitrogens with one attached hydrogen (secondary N) is 1. The van der Waals surface area contributed by atoms with Gasteiger partial charge >= 0.3 is 0 Å². The first kappa shape index (κ1) is 22.4. The minimum Gasteiger partial charge on any atom is -0.362 e. The van der Waals surface area contributed by atoms with Gasteiger partial charge in [0.05, 0.1) is 23.5 Å². The summed E-state index contributed by atoms with van der Waals surface area (Å²) in [5.74, 6) is 7.52. The lowest BCUT2D eigenvalue weighted by Crippen LogP contribution is -2.35. The Morgan fingerprint density at radius 2 is 2.03 bits per heavy atom. The van der Waals surface area contributed by atoms with Crippen LogP contribution in [0.3, 0.4) is 0 Å². The predicted octanol–water partition coefficient (Wildman–Crippen LogP) is 4.79. The molecule has 5 rings (SSSR count). The molecule has 1 atom stereocenters. The molecule has 0 bridgehead atoms. The Balaban J connectivity index is 1.34. The molecule has 3 heterocycles. The van der Waals surface area contributed by atoms with Crippen molar-refractivity contribution in [1.82, 2.24) is 24.4 Å². The number of aromatic amines is 1. The average molecular weight is 454 g/mol. The van der Waals surface area contributed by atoms with Crippen LogP contribution in [0.4, 0.5) is 0 Å². The molecule has 174 valence electrons. The van der Waals surface area contributed by atoms with Crippen LogP contribution in [-0.4, -0.2) is 50.7 Å². The molecule has 2 aromatic heterocycles. The summed E-state index contributed by atoms with van der Waals surface area (Å²) in [7, 11) is 2.17. The molecule has 0 radical (unpaired) electrons. The first-order valence-electron chi connectivity index (χ1n) is 12.1.